The highest BCUT2D eigenvalue weighted by Gasteiger charge is 2.27. The van der Waals surface area contributed by atoms with E-state index in [2.05, 4.69) is 15.3 Å². The fourth-order valence-electron chi connectivity index (χ4n) is 1.83. The summed E-state index contributed by atoms with van der Waals surface area (Å²) in [5.74, 6) is -0.483. The predicted octanol–water partition coefficient (Wildman–Crippen LogP) is 2.71. The molecule has 22 heavy (non-hydrogen) atoms. The molecule has 1 atom stereocenters. The highest BCUT2D eigenvalue weighted by Crippen LogP contribution is 2.15. The lowest BCUT2D eigenvalue weighted by atomic mass is 10.1. The number of hydrogen-bond acceptors (Lipinski definition) is 6. The molecule has 0 bridgehead atoms. The average molecular weight is 305 g/mol. The van der Waals surface area contributed by atoms with E-state index in [-0.39, 0.29) is 5.89 Å². The van der Waals surface area contributed by atoms with E-state index >= 15 is 0 Å². The molecule has 2 aromatic rings. The van der Waals surface area contributed by atoms with Gasteiger partial charge in [-0.15, -0.1) is 0 Å². The SMILES string of the molecule is CCC(NC(=O)OC(C)(C)C)C(=O)c1nc2ncccc2o1. The summed E-state index contributed by atoms with van der Waals surface area (Å²) in [6.45, 7) is 7.03. The molecule has 0 aromatic carbocycles. The Morgan fingerprint density at radius 1 is 1.41 bits per heavy atom. The van der Waals surface area contributed by atoms with Crippen LogP contribution in [0.25, 0.3) is 11.2 Å². The van der Waals surface area contributed by atoms with Gasteiger partial charge in [-0.25, -0.2) is 9.78 Å². The predicted molar refractivity (Wildman–Crippen MR) is 79.6 cm³/mol. The van der Waals surface area contributed by atoms with Crippen LogP contribution in [0.2, 0.25) is 0 Å². The van der Waals surface area contributed by atoms with Gasteiger partial charge < -0.3 is 14.5 Å². The number of hydrogen-bond donors (Lipinski definition) is 1. The second kappa shape index (κ2) is 6.13. The minimum absolute atomic E-state index is 0.0726. The van der Waals surface area contributed by atoms with Gasteiger partial charge in [0.05, 0.1) is 0 Å². The Kier molecular flexibility index (Phi) is 4.44. The molecular weight excluding hydrogens is 286 g/mol. The van der Waals surface area contributed by atoms with Gasteiger partial charge in [-0.3, -0.25) is 4.79 Å². The molecule has 0 aliphatic rings. The van der Waals surface area contributed by atoms with E-state index < -0.39 is 23.5 Å². The van der Waals surface area contributed by atoms with E-state index in [1.807, 2.05) is 0 Å². The summed E-state index contributed by atoms with van der Waals surface area (Å²) in [7, 11) is 0. The lowest BCUT2D eigenvalue weighted by Crippen LogP contribution is -2.43. The van der Waals surface area contributed by atoms with Crippen molar-refractivity contribution < 1.29 is 18.7 Å². The number of amides is 1. The molecule has 0 aliphatic carbocycles. The Bertz CT molecular complexity index is 654. The van der Waals surface area contributed by atoms with E-state index in [1.165, 1.54) is 0 Å². The van der Waals surface area contributed by atoms with Gasteiger partial charge in [0.15, 0.2) is 11.2 Å². The maximum atomic E-state index is 12.4. The topological polar surface area (TPSA) is 94.3 Å². The number of ketones is 1. The number of pyridine rings is 1. The molecule has 0 aliphatic heterocycles. The Balaban J connectivity index is 2.13. The number of oxazole rings is 1. The minimum atomic E-state index is -0.761. The molecule has 0 saturated heterocycles. The van der Waals surface area contributed by atoms with Crippen LogP contribution < -0.4 is 5.32 Å². The van der Waals surface area contributed by atoms with Gasteiger partial charge in [0.25, 0.3) is 5.89 Å². The van der Waals surface area contributed by atoms with Crippen molar-refractivity contribution in [3.63, 3.8) is 0 Å². The number of fused-ring (bicyclic) bond motifs is 1. The molecule has 2 aromatic heterocycles. The van der Waals surface area contributed by atoms with Gasteiger partial charge >= 0.3 is 6.09 Å². The highest BCUT2D eigenvalue weighted by atomic mass is 16.6. The molecule has 1 unspecified atom stereocenters. The van der Waals surface area contributed by atoms with Crippen LogP contribution in [0.1, 0.15) is 44.8 Å². The van der Waals surface area contributed by atoms with E-state index in [4.69, 9.17) is 9.15 Å². The largest absolute Gasteiger partial charge is 0.444 e. The van der Waals surface area contributed by atoms with Crippen LogP contribution in [0, 0.1) is 0 Å². The van der Waals surface area contributed by atoms with Gasteiger partial charge in [-0.2, -0.15) is 4.98 Å². The monoisotopic (exact) mass is 305 g/mol. The van der Waals surface area contributed by atoms with E-state index in [1.54, 1.807) is 46.0 Å². The second-order valence-electron chi connectivity index (χ2n) is 5.82. The minimum Gasteiger partial charge on any atom is -0.444 e. The van der Waals surface area contributed by atoms with Crippen LogP contribution in [-0.2, 0) is 4.74 Å². The van der Waals surface area contributed by atoms with Gasteiger partial charge in [-0.05, 0) is 39.3 Å². The molecule has 118 valence electrons. The second-order valence-corrected chi connectivity index (χ2v) is 5.82. The first-order chi connectivity index (χ1) is 10.3. The summed E-state index contributed by atoms with van der Waals surface area (Å²) < 4.78 is 10.5. The number of nitrogens with one attached hydrogen (secondary N) is 1. The van der Waals surface area contributed by atoms with Crippen LogP contribution in [0.4, 0.5) is 4.79 Å². The third-order valence-corrected chi connectivity index (χ3v) is 2.79. The molecule has 0 fully saturated rings. The molecule has 7 nitrogen and oxygen atoms in total. The first-order valence-corrected chi connectivity index (χ1v) is 7.05. The number of rotatable bonds is 4. The third kappa shape index (κ3) is 3.81. The quantitative estimate of drug-likeness (QED) is 0.873. The van der Waals surface area contributed by atoms with E-state index in [0.717, 1.165) is 0 Å². The van der Waals surface area contributed by atoms with Crippen molar-refractivity contribution in [3.8, 4) is 0 Å². The van der Waals surface area contributed by atoms with Gasteiger partial charge in [-0.1, -0.05) is 6.92 Å². The van der Waals surface area contributed by atoms with Crippen LogP contribution >= 0.6 is 0 Å². The lowest BCUT2D eigenvalue weighted by Gasteiger charge is -2.22. The summed E-state index contributed by atoms with van der Waals surface area (Å²) >= 11 is 0. The van der Waals surface area contributed by atoms with Crippen LogP contribution in [-0.4, -0.2) is 33.5 Å². The zero-order chi connectivity index (χ0) is 16.3. The molecule has 0 saturated carbocycles. The van der Waals surface area contributed by atoms with Gasteiger partial charge in [0.2, 0.25) is 5.78 Å². The maximum absolute atomic E-state index is 12.4. The first kappa shape index (κ1) is 15.9. The number of nitrogens with zero attached hydrogens (tertiary/aromatic N) is 2. The molecule has 1 N–H and O–H groups in total. The van der Waals surface area contributed by atoms with Gasteiger partial charge in [0.1, 0.15) is 11.6 Å². The maximum Gasteiger partial charge on any atom is 0.408 e. The van der Waals surface area contributed by atoms with Gasteiger partial charge in [0, 0.05) is 6.20 Å². The summed E-state index contributed by atoms with van der Waals surface area (Å²) in [6.07, 6.45) is 1.31. The third-order valence-electron chi connectivity index (χ3n) is 2.79. The normalized spacial score (nSPS) is 12.9. The molecule has 0 radical (unpaired) electrons. The molecule has 7 heteroatoms. The number of carbonyl (C=O) groups is 2. The Morgan fingerprint density at radius 2 is 2.14 bits per heavy atom. The zero-order valence-electron chi connectivity index (χ0n) is 13.0. The summed E-state index contributed by atoms with van der Waals surface area (Å²) in [6, 6.07) is 2.61. The molecule has 0 spiro atoms. The number of alkyl carbamates (subject to hydrolysis) is 1. The molecule has 1 amide bonds. The zero-order valence-corrected chi connectivity index (χ0v) is 13.0. The lowest BCUT2D eigenvalue weighted by molar-refractivity contribution is 0.0487. The fraction of sp³-hybridized carbons (Fsp3) is 0.467. The van der Waals surface area contributed by atoms with Crippen molar-refractivity contribution in [2.24, 2.45) is 0 Å². The van der Waals surface area contributed by atoms with Crippen molar-refractivity contribution in [3.05, 3.63) is 24.2 Å². The van der Waals surface area contributed by atoms with Crippen molar-refractivity contribution in [1.82, 2.24) is 15.3 Å². The van der Waals surface area contributed by atoms with E-state index in [9.17, 15) is 9.59 Å². The first-order valence-electron chi connectivity index (χ1n) is 7.05. The fourth-order valence-corrected chi connectivity index (χ4v) is 1.83. The number of ether oxygens (including phenoxy) is 1. The Morgan fingerprint density at radius 3 is 2.73 bits per heavy atom. The summed E-state index contributed by atoms with van der Waals surface area (Å²) in [5, 5.41) is 2.53. The molecule has 2 rings (SSSR count). The smallest absolute Gasteiger partial charge is 0.408 e. The van der Waals surface area contributed by atoms with Crippen LogP contribution in [0.15, 0.2) is 22.7 Å². The van der Waals surface area contributed by atoms with Crippen molar-refractivity contribution in [1.29, 1.82) is 0 Å². The number of Topliss-reactive ketones (excluding diaryl/α,β-unsaturated/α-hetero) is 1. The Labute approximate surface area is 128 Å². The number of aromatic nitrogens is 2. The molecule has 2 heterocycles. The van der Waals surface area contributed by atoms with Crippen molar-refractivity contribution >= 4 is 23.1 Å². The standard InChI is InChI=1S/C15H19N3O4/c1-5-9(17-14(20)22-15(2,3)4)11(19)13-18-12-10(21-13)7-6-8-16-12/h6-9H,5H2,1-4H3,(H,17,20). The van der Waals surface area contributed by atoms with Crippen LogP contribution in [0.5, 0.6) is 0 Å². The summed E-state index contributed by atoms with van der Waals surface area (Å²) in [5.41, 5.74) is 0.156. The van der Waals surface area contributed by atoms with Crippen molar-refractivity contribution in [2.75, 3.05) is 0 Å². The summed E-state index contributed by atoms with van der Waals surface area (Å²) in [4.78, 5) is 32.2. The average Bonchev–Trinajstić information content (AvgIpc) is 2.86. The molecular formula is C15H19N3O4. The van der Waals surface area contributed by atoms with Crippen LogP contribution in [0.3, 0.4) is 0 Å². The van der Waals surface area contributed by atoms with E-state index in [0.29, 0.717) is 17.7 Å². The Hall–Kier alpha value is -2.44. The number of carbonyl (C=O) groups excluding carboxylic acids is 2. The van der Waals surface area contributed by atoms with Crippen molar-refractivity contribution in [2.45, 2.75) is 45.8 Å². The highest BCUT2D eigenvalue weighted by molar-refractivity contribution is 5.99.